The van der Waals surface area contributed by atoms with E-state index in [0.717, 1.165) is 19.2 Å². The highest BCUT2D eigenvalue weighted by Crippen LogP contribution is 2.24. The summed E-state index contributed by atoms with van der Waals surface area (Å²) in [6.45, 7) is 0. The molecule has 86 valence electrons. The van der Waals surface area contributed by atoms with Gasteiger partial charge in [0.2, 0.25) is 5.88 Å². The zero-order valence-electron chi connectivity index (χ0n) is 7.95. The van der Waals surface area contributed by atoms with Gasteiger partial charge in [-0.1, -0.05) is 0 Å². The van der Waals surface area contributed by atoms with Crippen LogP contribution in [0.5, 0.6) is 0 Å². The van der Waals surface area contributed by atoms with E-state index in [1.807, 2.05) is 0 Å². The smallest absolute Gasteiger partial charge is 0.434 e. The summed E-state index contributed by atoms with van der Waals surface area (Å²) >= 11 is 0. The standard InChI is InChI=1S/C7H6N2O7/c1-15-7(12)8(6(10)11)4-2-3-5(16-4)9(13)14/h2-3H,1H3,(H,10,11). The summed E-state index contributed by atoms with van der Waals surface area (Å²) in [7, 11) is 0.968. The maximum Gasteiger partial charge on any atom is 0.434 e. The zero-order chi connectivity index (χ0) is 12.3. The number of methoxy groups -OCH3 is 1. The van der Waals surface area contributed by atoms with Gasteiger partial charge >= 0.3 is 18.1 Å². The molecule has 0 aliphatic heterocycles. The van der Waals surface area contributed by atoms with Gasteiger partial charge in [-0.2, -0.15) is 0 Å². The second-order valence-electron chi connectivity index (χ2n) is 2.46. The van der Waals surface area contributed by atoms with Gasteiger partial charge in [0.15, 0.2) is 0 Å². The van der Waals surface area contributed by atoms with Crippen molar-refractivity contribution >= 4 is 24.0 Å². The molecule has 0 spiro atoms. The molecule has 1 aromatic rings. The third kappa shape index (κ3) is 2.08. The molecule has 0 atom stereocenters. The SMILES string of the molecule is COC(=O)N(C(=O)O)c1ccc([N+](=O)[O-])o1. The molecule has 0 aromatic carbocycles. The number of imide groups is 1. The first kappa shape index (κ1) is 11.5. The van der Waals surface area contributed by atoms with Crippen LogP contribution in [0.25, 0.3) is 0 Å². The molecule has 1 N–H and O–H groups in total. The Bertz CT molecular complexity index is 438. The molecule has 0 saturated heterocycles. The highest BCUT2D eigenvalue weighted by molar-refractivity contribution is 6.07. The average Bonchev–Trinajstić information content (AvgIpc) is 2.66. The molecule has 0 radical (unpaired) electrons. The molecule has 0 unspecified atom stereocenters. The van der Waals surface area contributed by atoms with Crippen molar-refractivity contribution in [1.82, 2.24) is 0 Å². The molecule has 16 heavy (non-hydrogen) atoms. The molecule has 0 saturated carbocycles. The fourth-order valence-electron chi connectivity index (χ4n) is 0.890. The Morgan fingerprint density at radius 3 is 2.56 bits per heavy atom. The van der Waals surface area contributed by atoms with Crippen LogP contribution >= 0.6 is 0 Å². The molecule has 0 aliphatic carbocycles. The van der Waals surface area contributed by atoms with Gasteiger partial charge < -0.3 is 14.3 Å². The molecule has 1 rings (SSSR count). The average molecular weight is 230 g/mol. The predicted octanol–water partition coefficient (Wildman–Crippen LogP) is 1.44. The minimum Gasteiger partial charge on any atom is -0.464 e. The Kier molecular flexibility index (Phi) is 3.09. The third-order valence-corrected chi connectivity index (χ3v) is 1.53. The minimum atomic E-state index is -1.67. The number of nitro groups is 1. The lowest BCUT2D eigenvalue weighted by atomic mass is 10.5. The highest BCUT2D eigenvalue weighted by atomic mass is 16.7. The molecule has 0 aliphatic rings. The van der Waals surface area contributed by atoms with Crippen LogP contribution in [0.1, 0.15) is 0 Å². The number of hydrogen-bond acceptors (Lipinski definition) is 6. The molecular weight excluding hydrogens is 224 g/mol. The number of amides is 2. The van der Waals surface area contributed by atoms with Crippen molar-refractivity contribution in [1.29, 1.82) is 0 Å². The molecule has 2 amide bonds. The number of anilines is 1. The lowest BCUT2D eigenvalue weighted by Gasteiger charge is -2.11. The Morgan fingerprint density at radius 2 is 2.19 bits per heavy atom. The number of ether oxygens (including phenoxy) is 1. The van der Waals surface area contributed by atoms with E-state index in [0.29, 0.717) is 0 Å². The number of hydrogen-bond donors (Lipinski definition) is 1. The van der Waals surface area contributed by atoms with Gasteiger partial charge in [-0.25, -0.2) is 9.59 Å². The summed E-state index contributed by atoms with van der Waals surface area (Å²) in [6.07, 6.45) is -2.90. The van der Waals surface area contributed by atoms with E-state index in [9.17, 15) is 19.7 Å². The topological polar surface area (TPSA) is 123 Å². The van der Waals surface area contributed by atoms with Crippen LogP contribution in [0.4, 0.5) is 21.4 Å². The van der Waals surface area contributed by atoms with E-state index in [-0.39, 0.29) is 4.90 Å². The summed E-state index contributed by atoms with van der Waals surface area (Å²) in [6, 6.07) is 1.90. The lowest BCUT2D eigenvalue weighted by molar-refractivity contribution is -0.401. The molecule has 9 nitrogen and oxygen atoms in total. The monoisotopic (exact) mass is 230 g/mol. The van der Waals surface area contributed by atoms with E-state index in [2.05, 4.69) is 9.15 Å². The normalized spacial score (nSPS) is 9.56. The zero-order valence-corrected chi connectivity index (χ0v) is 7.95. The molecule has 9 heteroatoms. The number of carboxylic acid groups (broad SMARTS) is 1. The number of nitrogens with zero attached hydrogens (tertiary/aromatic N) is 2. The third-order valence-electron chi connectivity index (χ3n) is 1.53. The summed E-state index contributed by atoms with van der Waals surface area (Å²) < 4.78 is 8.71. The van der Waals surface area contributed by atoms with Crippen LogP contribution in [-0.2, 0) is 4.74 Å². The second kappa shape index (κ2) is 4.29. The highest BCUT2D eigenvalue weighted by Gasteiger charge is 2.28. The quantitative estimate of drug-likeness (QED) is 0.601. The fraction of sp³-hybridized carbons (Fsp3) is 0.143. The largest absolute Gasteiger partial charge is 0.464 e. The van der Waals surface area contributed by atoms with E-state index in [1.54, 1.807) is 0 Å². The van der Waals surface area contributed by atoms with Crippen LogP contribution in [-0.4, -0.2) is 29.3 Å². The summed E-state index contributed by atoms with van der Waals surface area (Å²) in [5.41, 5.74) is 0. The van der Waals surface area contributed by atoms with Crippen LogP contribution in [0.3, 0.4) is 0 Å². The van der Waals surface area contributed by atoms with Crippen molar-refractivity contribution in [3.05, 3.63) is 22.2 Å². The molecule has 1 heterocycles. The number of carbonyl (C=O) groups is 2. The van der Waals surface area contributed by atoms with Crippen LogP contribution in [0, 0.1) is 10.1 Å². The van der Waals surface area contributed by atoms with Crippen molar-refractivity contribution in [3.63, 3.8) is 0 Å². The number of rotatable bonds is 2. The Balaban J connectivity index is 3.07. The lowest BCUT2D eigenvalue weighted by Crippen LogP contribution is -2.35. The van der Waals surface area contributed by atoms with Gasteiger partial charge in [-0.3, -0.25) is 10.1 Å². The van der Waals surface area contributed by atoms with Gasteiger partial charge in [-0.15, -0.1) is 4.90 Å². The summed E-state index contributed by atoms with van der Waals surface area (Å²) in [4.78, 5) is 31.2. The van der Waals surface area contributed by atoms with Crippen LogP contribution in [0.2, 0.25) is 0 Å². The number of carbonyl (C=O) groups excluding carboxylic acids is 1. The molecule has 0 fully saturated rings. The van der Waals surface area contributed by atoms with Gasteiger partial charge in [0.1, 0.15) is 4.92 Å². The van der Waals surface area contributed by atoms with E-state index >= 15 is 0 Å². The first-order valence-corrected chi connectivity index (χ1v) is 3.82. The van der Waals surface area contributed by atoms with E-state index in [1.165, 1.54) is 0 Å². The maximum atomic E-state index is 11.0. The minimum absolute atomic E-state index is 0.104. The van der Waals surface area contributed by atoms with Crippen molar-refractivity contribution in [2.24, 2.45) is 0 Å². The van der Waals surface area contributed by atoms with Crippen molar-refractivity contribution < 1.29 is 28.8 Å². The number of furan rings is 1. The van der Waals surface area contributed by atoms with Crippen LogP contribution in [0.15, 0.2) is 16.5 Å². The predicted molar refractivity (Wildman–Crippen MR) is 48.3 cm³/mol. The molecular formula is C7H6N2O7. The van der Waals surface area contributed by atoms with Gasteiger partial charge in [-0.05, 0) is 0 Å². The van der Waals surface area contributed by atoms with Crippen molar-refractivity contribution in [2.45, 2.75) is 0 Å². The first-order valence-electron chi connectivity index (χ1n) is 3.82. The van der Waals surface area contributed by atoms with E-state index in [4.69, 9.17) is 5.11 Å². The Morgan fingerprint density at radius 1 is 1.56 bits per heavy atom. The molecule has 1 aromatic heterocycles. The van der Waals surface area contributed by atoms with Gasteiger partial charge in [0, 0.05) is 6.07 Å². The fourth-order valence-corrected chi connectivity index (χ4v) is 0.890. The van der Waals surface area contributed by atoms with Crippen molar-refractivity contribution in [2.75, 3.05) is 12.0 Å². The molecule has 0 bridgehead atoms. The maximum absolute atomic E-state index is 11.0. The second-order valence-corrected chi connectivity index (χ2v) is 2.46. The van der Waals surface area contributed by atoms with Gasteiger partial charge in [0.05, 0.1) is 13.2 Å². The van der Waals surface area contributed by atoms with Crippen LogP contribution < -0.4 is 4.90 Å². The first-order chi connectivity index (χ1) is 7.47. The Labute approximate surface area is 88.0 Å². The van der Waals surface area contributed by atoms with Gasteiger partial charge in [0.25, 0.3) is 0 Å². The van der Waals surface area contributed by atoms with Crippen molar-refractivity contribution in [3.8, 4) is 0 Å². The Hall–Kier alpha value is -2.58. The summed E-state index contributed by atoms with van der Waals surface area (Å²) in [5.74, 6) is -1.18. The summed E-state index contributed by atoms with van der Waals surface area (Å²) in [5, 5.41) is 18.9. The van der Waals surface area contributed by atoms with E-state index < -0.39 is 28.9 Å².